The Bertz CT molecular complexity index is 650. The van der Waals surface area contributed by atoms with Crippen molar-refractivity contribution >= 4 is 35.0 Å². The Morgan fingerprint density at radius 2 is 2.05 bits per heavy atom. The number of halogens is 2. The van der Waals surface area contributed by atoms with Crippen LogP contribution in [0.4, 0.5) is 0 Å². The lowest BCUT2D eigenvalue weighted by atomic mass is 10.0. The molecule has 3 rings (SSSR count). The van der Waals surface area contributed by atoms with Crippen molar-refractivity contribution in [2.75, 3.05) is 5.75 Å². The molecular weight excluding hydrogens is 325 g/mol. The fraction of sp³-hybridized carbons (Fsp3) is 0.250. The summed E-state index contributed by atoms with van der Waals surface area (Å²) in [5, 5.41) is 1.29. The number of benzene rings is 2. The van der Waals surface area contributed by atoms with Crippen molar-refractivity contribution in [1.82, 2.24) is 0 Å². The average molecular weight is 340 g/mol. The molecule has 0 aliphatic carbocycles. The van der Waals surface area contributed by atoms with Gasteiger partial charge in [0.2, 0.25) is 0 Å². The largest absolute Gasteiger partial charge is 0.487 e. The molecule has 21 heavy (non-hydrogen) atoms. The van der Waals surface area contributed by atoms with Crippen LogP contribution in [-0.2, 0) is 6.42 Å². The van der Waals surface area contributed by atoms with Gasteiger partial charge in [-0.3, -0.25) is 0 Å². The molecule has 2 atom stereocenters. The van der Waals surface area contributed by atoms with Gasteiger partial charge in [-0.05, 0) is 36.2 Å². The van der Waals surface area contributed by atoms with Gasteiger partial charge in [0.1, 0.15) is 11.9 Å². The van der Waals surface area contributed by atoms with Gasteiger partial charge in [-0.1, -0.05) is 41.4 Å². The van der Waals surface area contributed by atoms with Crippen molar-refractivity contribution in [1.29, 1.82) is 0 Å². The fourth-order valence-electron chi connectivity index (χ4n) is 2.32. The zero-order valence-corrected chi connectivity index (χ0v) is 13.6. The number of nitrogens with two attached hydrogens (primary N) is 1. The van der Waals surface area contributed by atoms with E-state index in [9.17, 15) is 0 Å². The Labute approximate surface area is 138 Å². The molecule has 0 bridgehead atoms. The van der Waals surface area contributed by atoms with Gasteiger partial charge in [-0.15, -0.1) is 11.8 Å². The maximum absolute atomic E-state index is 6.31. The Balaban J connectivity index is 1.70. The Kier molecular flexibility index (Phi) is 4.65. The summed E-state index contributed by atoms with van der Waals surface area (Å²) in [5.41, 5.74) is 7.32. The van der Waals surface area contributed by atoms with Gasteiger partial charge in [-0.25, -0.2) is 0 Å². The smallest absolute Gasteiger partial charge is 0.133 e. The van der Waals surface area contributed by atoms with Gasteiger partial charge >= 0.3 is 0 Å². The van der Waals surface area contributed by atoms with Gasteiger partial charge in [0.25, 0.3) is 0 Å². The zero-order valence-electron chi connectivity index (χ0n) is 11.3. The second-order valence-corrected chi connectivity index (χ2v) is 6.92. The maximum atomic E-state index is 6.31. The van der Waals surface area contributed by atoms with Crippen molar-refractivity contribution in [3.63, 3.8) is 0 Å². The van der Waals surface area contributed by atoms with E-state index in [1.54, 1.807) is 17.8 Å². The lowest BCUT2D eigenvalue weighted by molar-refractivity contribution is 0.184. The van der Waals surface area contributed by atoms with E-state index in [1.807, 2.05) is 30.3 Å². The van der Waals surface area contributed by atoms with Crippen LogP contribution in [0.1, 0.15) is 5.56 Å². The molecule has 2 unspecified atom stereocenters. The third-order valence-electron chi connectivity index (χ3n) is 3.48. The molecular formula is C16H15Cl2NOS. The van der Waals surface area contributed by atoms with E-state index >= 15 is 0 Å². The van der Waals surface area contributed by atoms with Crippen LogP contribution >= 0.6 is 35.0 Å². The molecule has 0 saturated carbocycles. The highest BCUT2D eigenvalue weighted by Crippen LogP contribution is 2.36. The molecule has 2 aromatic rings. The zero-order chi connectivity index (χ0) is 14.8. The predicted molar refractivity (Wildman–Crippen MR) is 89.7 cm³/mol. The second kappa shape index (κ2) is 6.49. The van der Waals surface area contributed by atoms with E-state index in [2.05, 4.69) is 6.07 Å². The average Bonchev–Trinajstić information content (AvgIpc) is 2.49. The molecule has 1 aliphatic rings. The second-order valence-electron chi connectivity index (χ2n) is 5.02. The minimum absolute atomic E-state index is 0.0170. The summed E-state index contributed by atoms with van der Waals surface area (Å²) in [6.45, 7) is 0. The highest BCUT2D eigenvalue weighted by atomic mass is 35.5. The first-order valence-electron chi connectivity index (χ1n) is 6.71. The van der Waals surface area contributed by atoms with Crippen LogP contribution in [0.2, 0.25) is 10.0 Å². The predicted octanol–water partition coefficient (Wildman–Crippen LogP) is 4.42. The number of hydrogen-bond acceptors (Lipinski definition) is 3. The van der Waals surface area contributed by atoms with E-state index in [1.165, 1.54) is 4.90 Å². The van der Waals surface area contributed by atoms with Crippen molar-refractivity contribution in [2.24, 2.45) is 5.73 Å². The van der Waals surface area contributed by atoms with E-state index < -0.39 is 0 Å². The van der Waals surface area contributed by atoms with E-state index in [0.717, 1.165) is 17.1 Å². The standard InChI is InChI=1S/C16H15Cl2NOS/c17-11-6-5-10(12(18)8-11)7-13(19)15-9-21-16-4-2-1-3-14(16)20-15/h1-6,8,13,15H,7,9,19H2. The monoisotopic (exact) mass is 339 g/mol. The SMILES string of the molecule is NC(Cc1ccc(Cl)cc1Cl)C1CSc2ccccc2O1. The van der Waals surface area contributed by atoms with Crippen LogP contribution in [0.5, 0.6) is 5.75 Å². The number of ether oxygens (including phenoxy) is 1. The minimum atomic E-state index is -0.107. The number of rotatable bonds is 3. The molecule has 2 N–H and O–H groups in total. The quantitative estimate of drug-likeness (QED) is 0.899. The molecule has 0 saturated heterocycles. The summed E-state index contributed by atoms with van der Waals surface area (Å²) in [6.07, 6.45) is 0.653. The van der Waals surface area contributed by atoms with Gasteiger partial charge in [0, 0.05) is 26.7 Å². The summed E-state index contributed by atoms with van der Waals surface area (Å²) in [6, 6.07) is 13.4. The van der Waals surface area contributed by atoms with E-state index in [4.69, 9.17) is 33.7 Å². The minimum Gasteiger partial charge on any atom is -0.487 e. The molecule has 1 aliphatic heterocycles. The van der Waals surface area contributed by atoms with Crippen LogP contribution < -0.4 is 10.5 Å². The first kappa shape index (κ1) is 15.0. The van der Waals surface area contributed by atoms with Crippen molar-refractivity contribution in [2.45, 2.75) is 23.5 Å². The third-order valence-corrected chi connectivity index (χ3v) is 5.21. The van der Waals surface area contributed by atoms with Gasteiger partial charge < -0.3 is 10.5 Å². The molecule has 0 aromatic heterocycles. The van der Waals surface area contributed by atoms with Gasteiger partial charge in [-0.2, -0.15) is 0 Å². The number of fused-ring (bicyclic) bond motifs is 1. The molecule has 2 nitrogen and oxygen atoms in total. The van der Waals surface area contributed by atoms with Gasteiger partial charge in [0.05, 0.1) is 0 Å². The van der Waals surface area contributed by atoms with E-state index in [0.29, 0.717) is 16.5 Å². The Hall–Kier alpha value is -0.870. The van der Waals surface area contributed by atoms with Crippen molar-refractivity contribution in [3.8, 4) is 5.75 Å². The van der Waals surface area contributed by atoms with Crippen molar-refractivity contribution < 1.29 is 4.74 Å². The maximum Gasteiger partial charge on any atom is 0.133 e. The lowest BCUT2D eigenvalue weighted by Gasteiger charge is -2.30. The van der Waals surface area contributed by atoms with Crippen LogP contribution in [0.3, 0.4) is 0 Å². The summed E-state index contributed by atoms with van der Waals surface area (Å²) < 4.78 is 6.01. The van der Waals surface area contributed by atoms with E-state index in [-0.39, 0.29) is 12.1 Å². The summed E-state index contributed by atoms with van der Waals surface area (Å²) in [7, 11) is 0. The Morgan fingerprint density at radius 3 is 2.86 bits per heavy atom. The normalized spacial score (nSPS) is 18.7. The highest BCUT2D eigenvalue weighted by molar-refractivity contribution is 7.99. The topological polar surface area (TPSA) is 35.2 Å². The highest BCUT2D eigenvalue weighted by Gasteiger charge is 2.26. The molecule has 0 amide bonds. The third kappa shape index (κ3) is 3.49. The Morgan fingerprint density at radius 1 is 1.24 bits per heavy atom. The summed E-state index contributed by atoms with van der Waals surface area (Å²) in [5.74, 6) is 1.76. The van der Waals surface area contributed by atoms with Crippen molar-refractivity contribution in [3.05, 3.63) is 58.1 Å². The lowest BCUT2D eigenvalue weighted by Crippen LogP contribution is -2.43. The number of para-hydroxylation sites is 1. The van der Waals surface area contributed by atoms with Gasteiger partial charge in [0.15, 0.2) is 0 Å². The number of thioether (sulfide) groups is 1. The fourth-order valence-corrected chi connectivity index (χ4v) is 3.90. The molecule has 5 heteroatoms. The first-order chi connectivity index (χ1) is 10.1. The summed E-state index contributed by atoms with van der Waals surface area (Å²) in [4.78, 5) is 1.17. The van der Waals surface area contributed by atoms with Crippen LogP contribution in [0, 0.1) is 0 Å². The van der Waals surface area contributed by atoms with Crippen LogP contribution in [-0.4, -0.2) is 17.9 Å². The number of hydrogen-bond donors (Lipinski definition) is 1. The molecule has 1 heterocycles. The molecule has 2 aromatic carbocycles. The van der Waals surface area contributed by atoms with Crippen LogP contribution in [0.25, 0.3) is 0 Å². The molecule has 0 spiro atoms. The molecule has 110 valence electrons. The molecule has 0 fully saturated rings. The first-order valence-corrected chi connectivity index (χ1v) is 8.45. The molecule has 0 radical (unpaired) electrons. The van der Waals surface area contributed by atoms with Crippen LogP contribution in [0.15, 0.2) is 47.4 Å². The summed E-state index contributed by atoms with van der Waals surface area (Å²) >= 11 is 13.9.